The lowest BCUT2D eigenvalue weighted by Crippen LogP contribution is -2.22. The van der Waals surface area contributed by atoms with Crippen LogP contribution in [0.25, 0.3) is 0 Å². The van der Waals surface area contributed by atoms with Crippen molar-refractivity contribution in [3.8, 4) is 0 Å². The molecule has 2 aromatic rings. The van der Waals surface area contributed by atoms with Crippen LogP contribution in [0.2, 0.25) is 0 Å². The first-order valence-electron chi connectivity index (χ1n) is 11.9. The van der Waals surface area contributed by atoms with Gasteiger partial charge in [0.25, 0.3) is 0 Å². The van der Waals surface area contributed by atoms with Gasteiger partial charge in [0.1, 0.15) is 12.4 Å². The fraction of sp³-hybridized carbons (Fsp3) is 0.577. The Morgan fingerprint density at radius 2 is 1.65 bits per heavy atom. The van der Waals surface area contributed by atoms with Crippen molar-refractivity contribution in [2.45, 2.75) is 89.8 Å². The van der Waals surface area contributed by atoms with Gasteiger partial charge in [0.05, 0.1) is 6.61 Å². The maximum Gasteiger partial charge on any atom is 0.335 e. The Balaban J connectivity index is 1.34. The van der Waals surface area contributed by atoms with Crippen molar-refractivity contribution in [2.24, 2.45) is 0 Å². The fourth-order valence-corrected chi connectivity index (χ4v) is 3.96. The molecule has 0 spiro atoms. The topological polar surface area (TPSA) is 61.3 Å². The number of ether oxygens (including phenoxy) is 2. The zero-order chi connectivity index (χ0) is 21.7. The molecular formula is C26H36N2O3. The minimum atomic E-state index is -0.533. The summed E-state index contributed by atoms with van der Waals surface area (Å²) in [7, 11) is 0. The van der Waals surface area contributed by atoms with Gasteiger partial charge < -0.3 is 9.47 Å². The normalized spacial score (nSPS) is 18.2. The molecule has 0 saturated carbocycles. The Kier molecular flexibility index (Phi) is 9.97. The zero-order valence-electron chi connectivity index (χ0n) is 18.8. The van der Waals surface area contributed by atoms with Gasteiger partial charge in [-0.05, 0) is 30.4 Å². The molecule has 1 fully saturated rings. The van der Waals surface area contributed by atoms with E-state index in [1.807, 2.05) is 42.7 Å². The number of benzene rings is 1. The minimum absolute atomic E-state index is 0.0476. The largest absolute Gasteiger partial charge is 0.459 e. The van der Waals surface area contributed by atoms with Crippen LogP contribution in [0.3, 0.4) is 0 Å². The summed E-state index contributed by atoms with van der Waals surface area (Å²) in [5.41, 5.74) is 2.16. The molecule has 5 nitrogen and oxygen atoms in total. The molecule has 2 heterocycles. The summed E-state index contributed by atoms with van der Waals surface area (Å²) in [6.07, 6.45) is 15.5. The SMILES string of the molecule is CCCCCCCCCCc1cnc(C2COC(C(=O)OCc3ccccc3)C2)nc1. The van der Waals surface area contributed by atoms with Gasteiger partial charge in [0, 0.05) is 18.3 Å². The van der Waals surface area contributed by atoms with E-state index in [1.54, 1.807) is 0 Å². The molecule has 2 atom stereocenters. The van der Waals surface area contributed by atoms with E-state index >= 15 is 0 Å². The Labute approximate surface area is 186 Å². The number of aryl methyl sites for hydroxylation is 1. The summed E-state index contributed by atoms with van der Waals surface area (Å²) >= 11 is 0. The van der Waals surface area contributed by atoms with Crippen LogP contribution in [0.15, 0.2) is 42.7 Å². The summed E-state index contributed by atoms with van der Waals surface area (Å²) in [4.78, 5) is 21.4. The maximum atomic E-state index is 12.3. The van der Waals surface area contributed by atoms with E-state index < -0.39 is 6.10 Å². The van der Waals surface area contributed by atoms with Crippen molar-refractivity contribution < 1.29 is 14.3 Å². The highest BCUT2D eigenvalue weighted by molar-refractivity contribution is 5.75. The number of esters is 1. The van der Waals surface area contributed by atoms with Gasteiger partial charge in [-0.15, -0.1) is 0 Å². The van der Waals surface area contributed by atoms with E-state index in [0.717, 1.165) is 17.8 Å². The Morgan fingerprint density at radius 1 is 0.968 bits per heavy atom. The van der Waals surface area contributed by atoms with Gasteiger partial charge in [0.15, 0.2) is 6.10 Å². The lowest BCUT2D eigenvalue weighted by atomic mass is 10.0. The Morgan fingerprint density at radius 3 is 2.35 bits per heavy atom. The highest BCUT2D eigenvalue weighted by Crippen LogP contribution is 2.28. The molecule has 1 aliphatic heterocycles. The lowest BCUT2D eigenvalue weighted by molar-refractivity contribution is -0.155. The molecule has 5 heteroatoms. The fourth-order valence-electron chi connectivity index (χ4n) is 3.96. The second kappa shape index (κ2) is 13.2. The first kappa shape index (κ1) is 23.4. The van der Waals surface area contributed by atoms with E-state index in [1.165, 1.54) is 56.9 Å². The summed E-state index contributed by atoms with van der Waals surface area (Å²) < 4.78 is 11.1. The number of hydrogen-bond donors (Lipinski definition) is 0. The minimum Gasteiger partial charge on any atom is -0.459 e. The van der Waals surface area contributed by atoms with E-state index in [0.29, 0.717) is 13.0 Å². The quantitative estimate of drug-likeness (QED) is 0.301. The van der Waals surface area contributed by atoms with Gasteiger partial charge >= 0.3 is 5.97 Å². The molecule has 0 aliphatic carbocycles. The third-order valence-corrected chi connectivity index (χ3v) is 5.89. The number of hydrogen-bond acceptors (Lipinski definition) is 5. The number of unbranched alkanes of at least 4 members (excludes halogenated alkanes) is 7. The van der Waals surface area contributed by atoms with Crippen LogP contribution in [-0.2, 0) is 27.3 Å². The third-order valence-electron chi connectivity index (χ3n) is 5.89. The molecule has 2 unspecified atom stereocenters. The Bertz CT molecular complexity index is 764. The molecule has 1 aromatic carbocycles. The highest BCUT2D eigenvalue weighted by Gasteiger charge is 2.34. The average Bonchev–Trinajstić information content (AvgIpc) is 3.31. The van der Waals surface area contributed by atoms with E-state index in [9.17, 15) is 4.79 Å². The van der Waals surface area contributed by atoms with Gasteiger partial charge in [-0.25, -0.2) is 14.8 Å². The first-order valence-corrected chi connectivity index (χ1v) is 11.9. The maximum absolute atomic E-state index is 12.3. The van der Waals surface area contributed by atoms with Gasteiger partial charge in [0.2, 0.25) is 0 Å². The average molecular weight is 425 g/mol. The smallest absolute Gasteiger partial charge is 0.335 e. The third kappa shape index (κ3) is 8.06. The van der Waals surface area contributed by atoms with Crippen molar-refractivity contribution in [2.75, 3.05) is 6.61 Å². The van der Waals surface area contributed by atoms with E-state index in [4.69, 9.17) is 9.47 Å². The molecular weight excluding hydrogens is 388 g/mol. The van der Waals surface area contributed by atoms with E-state index in [2.05, 4.69) is 16.9 Å². The number of rotatable bonds is 13. The molecule has 0 N–H and O–H groups in total. The van der Waals surface area contributed by atoms with Gasteiger partial charge in [-0.3, -0.25) is 0 Å². The lowest BCUT2D eigenvalue weighted by Gasteiger charge is -2.10. The molecule has 0 bridgehead atoms. The van der Waals surface area contributed by atoms with Crippen LogP contribution in [0.5, 0.6) is 0 Å². The molecule has 1 aromatic heterocycles. The zero-order valence-corrected chi connectivity index (χ0v) is 18.8. The van der Waals surface area contributed by atoms with Crippen LogP contribution < -0.4 is 0 Å². The summed E-state index contributed by atoms with van der Waals surface area (Å²) in [5, 5.41) is 0. The standard InChI is InChI=1S/C26H36N2O3/c1-2-3-4-5-6-7-8-10-15-22-17-27-25(28-18-22)23-16-24(30-20-23)26(29)31-19-21-13-11-9-12-14-21/h9,11-14,17-18,23-24H,2-8,10,15-16,19-20H2,1H3. The second-order valence-electron chi connectivity index (χ2n) is 8.52. The molecule has 1 aliphatic rings. The molecule has 31 heavy (non-hydrogen) atoms. The van der Waals surface area contributed by atoms with Crippen molar-refractivity contribution in [3.63, 3.8) is 0 Å². The van der Waals surface area contributed by atoms with Crippen molar-refractivity contribution >= 4 is 5.97 Å². The second-order valence-corrected chi connectivity index (χ2v) is 8.52. The molecule has 168 valence electrons. The van der Waals surface area contributed by atoms with Crippen molar-refractivity contribution in [1.82, 2.24) is 9.97 Å². The molecule has 0 amide bonds. The Hall–Kier alpha value is -2.27. The van der Waals surface area contributed by atoms with Crippen LogP contribution in [0, 0.1) is 0 Å². The van der Waals surface area contributed by atoms with Crippen LogP contribution >= 0.6 is 0 Å². The highest BCUT2D eigenvalue weighted by atomic mass is 16.6. The number of nitrogens with zero attached hydrogens (tertiary/aromatic N) is 2. The van der Waals surface area contributed by atoms with Crippen LogP contribution in [-0.4, -0.2) is 28.6 Å². The van der Waals surface area contributed by atoms with Crippen molar-refractivity contribution in [1.29, 1.82) is 0 Å². The van der Waals surface area contributed by atoms with Crippen LogP contribution in [0.1, 0.15) is 87.6 Å². The summed E-state index contributed by atoms with van der Waals surface area (Å²) in [6, 6.07) is 9.68. The monoisotopic (exact) mass is 424 g/mol. The summed E-state index contributed by atoms with van der Waals surface area (Å²) in [5.74, 6) is 0.502. The molecule has 1 saturated heterocycles. The predicted molar refractivity (Wildman–Crippen MR) is 122 cm³/mol. The van der Waals surface area contributed by atoms with E-state index in [-0.39, 0.29) is 18.5 Å². The number of carbonyl (C=O) groups is 1. The van der Waals surface area contributed by atoms with Gasteiger partial charge in [-0.2, -0.15) is 0 Å². The molecule has 0 radical (unpaired) electrons. The predicted octanol–water partition coefficient (Wildman–Crippen LogP) is 5.78. The first-order chi connectivity index (χ1) is 15.3. The van der Waals surface area contributed by atoms with Crippen molar-refractivity contribution in [3.05, 3.63) is 59.7 Å². The summed E-state index contributed by atoms with van der Waals surface area (Å²) in [6.45, 7) is 2.99. The number of aromatic nitrogens is 2. The van der Waals surface area contributed by atoms with Gasteiger partial charge in [-0.1, -0.05) is 82.2 Å². The van der Waals surface area contributed by atoms with Crippen LogP contribution in [0.4, 0.5) is 0 Å². The number of carbonyl (C=O) groups excluding carboxylic acids is 1. The molecule has 3 rings (SSSR count).